The molecule has 1 unspecified atom stereocenters. The van der Waals surface area contributed by atoms with Crippen molar-refractivity contribution < 1.29 is 4.39 Å². The molecule has 1 N–H and O–H groups in total. The summed E-state index contributed by atoms with van der Waals surface area (Å²) in [5, 5.41) is 6.77. The zero-order valence-electron chi connectivity index (χ0n) is 11.6. The molecule has 0 fully saturated rings. The molecule has 2 aromatic carbocycles. The van der Waals surface area contributed by atoms with Crippen molar-refractivity contribution >= 4 is 0 Å². The quantitative estimate of drug-likeness (QED) is 0.744. The maximum Gasteiger partial charge on any atom is 0.123 e. The van der Waals surface area contributed by atoms with E-state index < -0.39 is 0 Å². The number of halogens is 1. The fourth-order valence-corrected chi connectivity index (χ4v) is 2.54. The molecule has 1 radical (unpaired) electrons. The molecule has 21 heavy (non-hydrogen) atoms. The molecule has 3 aromatic rings. The van der Waals surface area contributed by atoms with Gasteiger partial charge in [0, 0.05) is 17.7 Å². The Balaban J connectivity index is 1.89. The van der Waals surface area contributed by atoms with E-state index in [-0.39, 0.29) is 11.7 Å². The third-order valence-corrected chi connectivity index (χ3v) is 3.71. The van der Waals surface area contributed by atoms with E-state index in [0.29, 0.717) is 0 Å². The zero-order valence-corrected chi connectivity index (χ0v) is 11.6. The summed E-state index contributed by atoms with van der Waals surface area (Å²) in [6.07, 6.45) is 4.40. The van der Waals surface area contributed by atoms with Crippen LogP contribution >= 0.6 is 0 Å². The number of hydrogen-bond acceptors (Lipinski definition) is 1. The lowest BCUT2D eigenvalue weighted by Gasteiger charge is -2.16. The summed E-state index contributed by atoms with van der Waals surface area (Å²) >= 11 is 0. The first-order valence-corrected chi connectivity index (χ1v) is 6.92. The van der Waals surface area contributed by atoms with Crippen LogP contribution in [0, 0.1) is 12.7 Å². The molecular formula is C18H16FN2. The van der Waals surface area contributed by atoms with E-state index in [9.17, 15) is 4.39 Å². The highest BCUT2D eigenvalue weighted by molar-refractivity contribution is 5.62. The second kappa shape index (κ2) is 5.92. The number of aromatic nitrogens is 2. The molecule has 2 nitrogen and oxygen atoms in total. The fraction of sp³-hybridized carbons (Fsp3) is 0.111. The van der Waals surface area contributed by atoms with Crippen LogP contribution in [-0.2, 0) is 0 Å². The lowest BCUT2D eigenvalue weighted by atomic mass is 9.88. The number of hydrogen-bond donors (Lipinski definition) is 1. The largest absolute Gasteiger partial charge is 0.285 e. The van der Waals surface area contributed by atoms with Crippen molar-refractivity contribution in [1.82, 2.24) is 10.2 Å². The molecule has 0 saturated heterocycles. The topological polar surface area (TPSA) is 28.7 Å². The second-order valence-corrected chi connectivity index (χ2v) is 5.00. The third-order valence-electron chi connectivity index (χ3n) is 3.71. The smallest absolute Gasteiger partial charge is 0.123 e. The van der Waals surface area contributed by atoms with Crippen molar-refractivity contribution in [3.05, 3.63) is 84.8 Å². The predicted octanol–water partition coefficient (Wildman–Crippen LogP) is 4.57. The Hall–Kier alpha value is -2.42. The van der Waals surface area contributed by atoms with Crippen LogP contribution in [0.25, 0.3) is 11.1 Å². The van der Waals surface area contributed by atoms with Gasteiger partial charge in [-0.1, -0.05) is 43.3 Å². The van der Waals surface area contributed by atoms with Gasteiger partial charge >= 0.3 is 0 Å². The minimum atomic E-state index is -0.211. The van der Waals surface area contributed by atoms with Crippen LogP contribution < -0.4 is 0 Å². The molecule has 0 spiro atoms. The summed E-state index contributed by atoms with van der Waals surface area (Å²) < 4.78 is 13.0. The molecule has 0 saturated carbocycles. The van der Waals surface area contributed by atoms with Gasteiger partial charge in [0.2, 0.25) is 0 Å². The van der Waals surface area contributed by atoms with Gasteiger partial charge in [0.1, 0.15) is 5.82 Å². The number of nitrogens with one attached hydrogen (secondary N) is 1. The number of H-pyrrole nitrogens is 1. The molecule has 105 valence electrons. The van der Waals surface area contributed by atoms with E-state index in [1.54, 1.807) is 6.20 Å². The Morgan fingerprint density at radius 3 is 2.10 bits per heavy atom. The SMILES string of the molecule is [CH2]CC(c1ccc(F)cc1)c1ccc(-c2cn[nH]c2)cc1. The Labute approximate surface area is 123 Å². The summed E-state index contributed by atoms with van der Waals surface area (Å²) in [6, 6.07) is 15.0. The van der Waals surface area contributed by atoms with Crippen molar-refractivity contribution in [3.8, 4) is 11.1 Å². The van der Waals surface area contributed by atoms with E-state index in [0.717, 1.165) is 23.1 Å². The lowest BCUT2D eigenvalue weighted by Crippen LogP contribution is -1.99. The molecule has 1 aromatic heterocycles. The summed E-state index contributed by atoms with van der Waals surface area (Å²) in [7, 11) is 0. The molecule has 1 atom stereocenters. The molecule has 1 heterocycles. The number of nitrogens with zero attached hydrogens (tertiary/aromatic N) is 1. The summed E-state index contributed by atoms with van der Waals surface area (Å²) in [6.45, 7) is 4.02. The van der Waals surface area contributed by atoms with Gasteiger partial charge in [-0.15, -0.1) is 0 Å². The molecule has 0 amide bonds. The second-order valence-electron chi connectivity index (χ2n) is 5.00. The average Bonchev–Trinajstić information content (AvgIpc) is 3.05. The van der Waals surface area contributed by atoms with E-state index in [1.807, 2.05) is 18.3 Å². The lowest BCUT2D eigenvalue weighted by molar-refractivity contribution is 0.626. The van der Waals surface area contributed by atoms with Crippen LogP contribution in [0.4, 0.5) is 4.39 Å². The van der Waals surface area contributed by atoms with E-state index in [2.05, 4.69) is 41.4 Å². The fourth-order valence-electron chi connectivity index (χ4n) is 2.54. The molecule has 0 aliphatic heterocycles. The molecular weight excluding hydrogens is 263 g/mol. The molecule has 3 heteroatoms. The first kappa shape index (κ1) is 13.6. The van der Waals surface area contributed by atoms with E-state index >= 15 is 0 Å². The van der Waals surface area contributed by atoms with E-state index in [4.69, 9.17) is 0 Å². The zero-order chi connectivity index (χ0) is 14.7. The maximum absolute atomic E-state index is 13.0. The monoisotopic (exact) mass is 279 g/mol. The minimum absolute atomic E-state index is 0.184. The molecule has 0 bridgehead atoms. The van der Waals surface area contributed by atoms with Crippen LogP contribution in [0.1, 0.15) is 23.5 Å². The Morgan fingerprint density at radius 1 is 0.952 bits per heavy atom. The molecule has 0 aliphatic rings. The van der Waals surface area contributed by atoms with Crippen LogP contribution in [-0.4, -0.2) is 10.2 Å². The van der Waals surface area contributed by atoms with Crippen LogP contribution in [0.15, 0.2) is 60.9 Å². The summed E-state index contributed by atoms with van der Waals surface area (Å²) in [4.78, 5) is 0. The minimum Gasteiger partial charge on any atom is -0.285 e. The van der Waals surface area contributed by atoms with Crippen LogP contribution in [0.2, 0.25) is 0 Å². The van der Waals surface area contributed by atoms with Gasteiger partial charge in [0.05, 0.1) is 6.20 Å². The van der Waals surface area contributed by atoms with Crippen molar-refractivity contribution in [3.63, 3.8) is 0 Å². The van der Waals surface area contributed by atoms with Gasteiger partial charge < -0.3 is 0 Å². The van der Waals surface area contributed by atoms with Crippen molar-refractivity contribution in [1.29, 1.82) is 0 Å². The standard InChI is InChI=1S/C18H16FN2/c1-2-18(15-7-9-17(19)10-8-15)14-5-3-13(4-6-14)16-11-20-21-12-16/h3-12,18H,1-2H2,(H,20,21). The van der Waals surface area contributed by atoms with Gasteiger partial charge in [-0.3, -0.25) is 5.10 Å². The normalized spacial score (nSPS) is 12.3. The Morgan fingerprint density at radius 2 is 1.57 bits per heavy atom. The predicted molar refractivity (Wildman–Crippen MR) is 82.2 cm³/mol. The van der Waals surface area contributed by atoms with Gasteiger partial charge in [-0.25, -0.2) is 4.39 Å². The van der Waals surface area contributed by atoms with Crippen molar-refractivity contribution in [2.75, 3.05) is 0 Å². The van der Waals surface area contributed by atoms with Gasteiger partial charge in [0.15, 0.2) is 0 Å². The number of benzene rings is 2. The highest BCUT2D eigenvalue weighted by atomic mass is 19.1. The van der Waals surface area contributed by atoms with Gasteiger partial charge in [-0.05, 0) is 35.2 Å². The average molecular weight is 279 g/mol. The van der Waals surface area contributed by atoms with E-state index in [1.165, 1.54) is 17.7 Å². The maximum atomic E-state index is 13.0. The Bertz CT molecular complexity index is 685. The highest BCUT2D eigenvalue weighted by Crippen LogP contribution is 2.29. The van der Waals surface area contributed by atoms with Crippen LogP contribution in [0.3, 0.4) is 0 Å². The highest BCUT2D eigenvalue weighted by Gasteiger charge is 2.12. The number of rotatable bonds is 4. The first-order valence-electron chi connectivity index (χ1n) is 6.92. The van der Waals surface area contributed by atoms with Crippen molar-refractivity contribution in [2.24, 2.45) is 0 Å². The Kier molecular flexibility index (Phi) is 3.82. The van der Waals surface area contributed by atoms with Crippen LogP contribution in [0.5, 0.6) is 0 Å². The molecule has 3 rings (SSSR count). The summed E-state index contributed by atoms with van der Waals surface area (Å²) in [5.41, 5.74) is 4.45. The summed E-state index contributed by atoms with van der Waals surface area (Å²) in [5.74, 6) is -0.0270. The first-order chi connectivity index (χ1) is 10.3. The third kappa shape index (κ3) is 2.87. The van der Waals surface area contributed by atoms with Gasteiger partial charge in [0.25, 0.3) is 0 Å². The molecule has 0 aliphatic carbocycles. The number of aromatic amines is 1. The van der Waals surface area contributed by atoms with Gasteiger partial charge in [-0.2, -0.15) is 5.10 Å². The van der Waals surface area contributed by atoms with Crippen molar-refractivity contribution in [2.45, 2.75) is 12.3 Å².